The third-order valence-electron chi connectivity index (χ3n) is 10.1. The lowest BCUT2D eigenvalue weighted by Gasteiger charge is -2.31. The molecule has 2 aromatic heterocycles. The molecule has 3 aromatic rings. The summed E-state index contributed by atoms with van der Waals surface area (Å²) in [5, 5.41) is 18.6. The van der Waals surface area contributed by atoms with Gasteiger partial charge in [0.1, 0.15) is 12.4 Å². The minimum Gasteiger partial charge on any atom is -0.494 e. The molecule has 5 rings (SSSR count). The number of aryl methyl sites for hydroxylation is 1. The van der Waals surface area contributed by atoms with E-state index in [4.69, 9.17) is 43.7 Å². The van der Waals surface area contributed by atoms with E-state index in [0.29, 0.717) is 115 Å². The van der Waals surface area contributed by atoms with E-state index in [1.165, 1.54) is 0 Å². The Morgan fingerprint density at radius 1 is 0.984 bits per heavy atom. The van der Waals surface area contributed by atoms with E-state index in [0.717, 1.165) is 46.4 Å². The lowest BCUT2D eigenvalue weighted by atomic mass is 9.86. The average Bonchev–Trinajstić information content (AvgIpc) is 3.62. The van der Waals surface area contributed by atoms with E-state index in [2.05, 4.69) is 36.1 Å². The van der Waals surface area contributed by atoms with E-state index < -0.39 is 11.6 Å². The fourth-order valence-electron chi connectivity index (χ4n) is 6.87. The number of amides is 1. The Morgan fingerprint density at radius 3 is 2.31 bits per heavy atom. The number of carbonyl (C=O) groups is 2. The predicted octanol–water partition coefficient (Wildman–Crippen LogP) is 5.47. The maximum atomic E-state index is 13.6. The molecule has 0 aliphatic carbocycles. The zero-order valence-electron chi connectivity index (χ0n) is 35.5. The molecule has 61 heavy (non-hydrogen) atoms. The van der Waals surface area contributed by atoms with E-state index in [9.17, 15) is 19.5 Å². The van der Waals surface area contributed by atoms with E-state index in [1.807, 2.05) is 18.2 Å². The molecule has 4 heterocycles. The standard InChI is InChI=1S/C42H58N6O11S2/c1-5-30-31-24-29(8-9-35(31)46-38-32(30)26-48-36(38)25-34-33(39(48)50)27-59-40(51)42(34,52)6-2)58-12-7-23-60-61-41(3,4)28-44-37(49)10-13-53-15-17-55-19-21-57-22-20-56-18-16-54-14-11-45-47-43/h8-9,24-25,52H,5-7,10-23,26-28H2,1-4H3,(H,44,49)/t42-/m0/s1. The van der Waals surface area contributed by atoms with Crippen LogP contribution >= 0.6 is 21.6 Å². The summed E-state index contributed by atoms with van der Waals surface area (Å²) in [4.78, 5) is 46.2. The van der Waals surface area contributed by atoms with Gasteiger partial charge in [0.05, 0.1) is 102 Å². The molecule has 2 N–H and O–H groups in total. The van der Waals surface area contributed by atoms with Crippen LogP contribution in [0.2, 0.25) is 0 Å². The molecule has 1 amide bonds. The number of benzene rings is 1. The molecular formula is C42H58N6O11S2. The molecule has 2 aliphatic rings. The van der Waals surface area contributed by atoms with Crippen LogP contribution < -0.4 is 15.6 Å². The third-order valence-corrected chi connectivity index (χ3v) is 13.5. The van der Waals surface area contributed by atoms with Crippen LogP contribution in [0.5, 0.6) is 5.75 Å². The summed E-state index contributed by atoms with van der Waals surface area (Å²) in [6.45, 7) is 13.7. The fraction of sp³-hybridized carbons (Fsp3) is 0.619. The van der Waals surface area contributed by atoms with E-state index in [1.54, 1.807) is 39.1 Å². The monoisotopic (exact) mass is 886 g/mol. The smallest absolute Gasteiger partial charge is 0.343 e. The number of aromatic nitrogens is 2. The van der Waals surface area contributed by atoms with Gasteiger partial charge in [-0.05, 0) is 68.5 Å². The van der Waals surface area contributed by atoms with Crippen molar-refractivity contribution in [2.75, 3.05) is 91.5 Å². The second-order valence-electron chi connectivity index (χ2n) is 15.0. The predicted molar refractivity (Wildman–Crippen MR) is 234 cm³/mol. The number of hydrogen-bond acceptors (Lipinski definition) is 15. The van der Waals surface area contributed by atoms with Gasteiger partial charge >= 0.3 is 5.97 Å². The molecule has 0 unspecified atom stereocenters. The molecule has 0 fully saturated rings. The summed E-state index contributed by atoms with van der Waals surface area (Å²) in [6, 6.07) is 7.60. The summed E-state index contributed by atoms with van der Waals surface area (Å²) < 4.78 is 40.0. The number of nitrogens with one attached hydrogen (secondary N) is 1. The Morgan fingerprint density at radius 2 is 1.66 bits per heavy atom. The first-order valence-electron chi connectivity index (χ1n) is 20.7. The van der Waals surface area contributed by atoms with Gasteiger partial charge in [0, 0.05) is 51.4 Å². The second-order valence-corrected chi connectivity index (χ2v) is 18.1. The maximum Gasteiger partial charge on any atom is 0.343 e. The Labute approximate surface area is 363 Å². The molecule has 1 aromatic carbocycles. The molecule has 334 valence electrons. The number of ether oxygens (including phenoxy) is 7. The fourth-order valence-corrected chi connectivity index (χ4v) is 9.38. The highest BCUT2D eigenvalue weighted by molar-refractivity contribution is 8.77. The molecule has 0 bridgehead atoms. The van der Waals surface area contributed by atoms with Crippen molar-refractivity contribution in [2.45, 2.75) is 76.9 Å². The van der Waals surface area contributed by atoms with Crippen molar-refractivity contribution in [2.24, 2.45) is 5.11 Å². The summed E-state index contributed by atoms with van der Waals surface area (Å²) in [5.74, 6) is 0.830. The summed E-state index contributed by atoms with van der Waals surface area (Å²) in [7, 11) is 3.49. The molecule has 0 saturated carbocycles. The van der Waals surface area contributed by atoms with Crippen LogP contribution in [0.1, 0.15) is 69.2 Å². The van der Waals surface area contributed by atoms with Crippen molar-refractivity contribution in [3.8, 4) is 17.1 Å². The summed E-state index contributed by atoms with van der Waals surface area (Å²) in [6.07, 6.45) is 1.93. The minimum atomic E-state index is -1.87. The molecule has 2 aliphatic heterocycles. The molecule has 17 nitrogen and oxygen atoms in total. The summed E-state index contributed by atoms with van der Waals surface area (Å²) >= 11 is 0. The van der Waals surface area contributed by atoms with Crippen LogP contribution in [0.3, 0.4) is 0 Å². The second kappa shape index (κ2) is 24.1. The Hall–Kier alpha value is -3.91. The first-order valence-corrected chi connectivity index (χ1v) is 23.1. The van der Waals surface area contributed by atoms with Gasteiger partial charge in [-0.2, -0.15) is 0 Å². The zero-order chi connectivity index (χ0) is 43.7. The van der Waals surface area contributed by atoms with Gasteiger partial charge < -0.3 is 48.1 Å². The number of fused-ring (bicyclic) bond motifs is 5. The highest BCUT2D eigenvalue weighted by Gasteiger charge is 2.45. The van der Waals surface area contributed by atoms with Gasteiger partial charge in [-0.1, -0.05) is 40.5 Å². The highest BCUT2D eigenvalue weighted by atomic mass is 33.1. The van der Waals surface area contributed by atoms with Gasteiger partial charge in [0.2, 0.25) is 5.91 Å². The SMILES string of the molecule is CCc1c2c(nc3ccc(OCCCSSC(C)(C)CNC(=O)CCOCCOCCOCCOCCOCCN=[N+]=[N-])cc13)-c1cc3c(c(=O)n1C2)COC(=O)[C@]3(O)CC. The average molecular weight is 887 g/mol. The maximum absolute atomic E-state index is 13.6. The molecule has 19 heteroatoms. The van der Waals surface area contributed by atoms with Crippen LogP contribution in [0.15, 0.2) is 34.2 Å². The molecule has 0 saturated heterocycles. The largest absolute Gasteiger partial charge is 0.494 e. The van der Waals surface area contributed by atoms with E-state index >= 15 is 0 Å². The number of nitrogens with zero attached hydrogens (tertiary/aromatic N) is 5. The number of cyclic esters (lactones) is 1. The molecule has 0 radical (unpaired) electrons. The number of azide groups is 1. The van der Waals surface area contributed by atoms with Gasteiger partial charge in [-0.3, -0.25) is 9.59 Å². The first kappa shape index (κ1) is 48.1. The van der Waals surface area contributed by atoms with Crippen LogP contribution in [0.25, 0.3) is 32.7 Å². The number of aliphatic hydroxyl groups is 1. The number of esters is 1. The Bertz CT molecular complexity index is 2060. The van der Waals surface area contributed by atoms with Crippen molar-refractivity contribution in [3.05, 3.63) is 67.3 Å². The van der Waals surface area contributed by atoms with Gasteiger partial charge in [-0.15, -0.1) is 0 Å². The van der Waals surface area contributed by atoms with Crippen LogP contribution in [-0.4, -0.2) is 123 Å². The van der Waals surface area contributed by atoms with Gasteiger partial charge in [-0.25, -0.2) is 9.78 Å². The van der Waals surface area contributed by atoms with Crippen molar-refractivity contribution in [1.29, 1.82) is 0 Å². The number of rotatable bonds is 29. The normalized spacial score (nSPS) is 15.5. The van der Waals surface area contributed by atoms with Crippen LogP contribution in [-0.2, 0) is 63.2 Å². The van der Waals surface area contributed by atoms with Crippen LogP contribution in [0.4, 0.5) is 0 Å². The van der Waals surface area contributed by atoms with Crippen molar-refractivity contribution in [1.82, 2.24) is 14.9 Å². The van der Waals surface area contributed by atoms with E-state index in [-0.39, 0.29) is 35.7 Å². The Balaban J connectivity index is 0.935. The zero-order valence-corrected chi connectivity index (χ0v) is 37.2. The number of carbonyl (C=O) groups excluding carboxylic acids is 2. The van der Waals surface area contributed by atoms with Gasteiger partial charge in [0.15, 0.2) is 5.60 Å². The minimum absolute atomic E-state index is 0.0558. The Kier molecular flexibility index (Phi) is 19.0. The van der Waals surface area contributed by atoms with Crippen molar-refractivity contribution < 1.29 is 47.9 Å². The third kappa shape index (κ3) is 13.3. The summed E-state index contributed by atoms with van der Waals surface area (Å²) in [5.41, 5.74) is 10.8. The van der Waals surface area contributed by atoms with Gasteiger partial charge in [0.25, 0.3) is 5.56 Å². The highest BCUT2D eigenvalue weighted by Crippen LogP contribution is 2.41. The lowest BCUT2D eigenvalue weighted by molar-refractivity contribution is -0.172. The molecule has 1 atom stereocenters. The number of hydrogen-bond donors (Lipinski definition) is 2. The lowest BCUT2D eigenvalue weighted by Crippen LogP contribution is -2.44. The van der Waals surface area contributed by atoms with Crippen molar-refractivity contribution in [3.63, 3.8) is 0 Å². The van der Waals surface area contributed by atoms with Crippen molar-refractivity contribution >= 4 is 44.4 Å². The first-order chi connectivity index (χ1) is 29.5. The number of pyridine rings is 2. The molecule has 0 spiro atoms. The quantitative estimate of drug-likeness (QED) is 0.0173. The topological polar surface area (TPSA) is 215 Å². The van der Waals surface area contributed by atoms with Crippen LogP contribution in [0, 0.1) is 0 Å². The molecular weight excluding hydrogens is 829 g/mol.